The average Bonchev–Trinajstić information content (AvgIpc) is 2.48. The number of halogens is 1. The Hall–Kier alpha value is -1.51. The van der Waals surface area contributed by atoms with Crippen molar-refractivity contribution in [2.45, 2.75) is 32.9 Å². The first-order valence-electron chi connectivity index (χ1n) is 7.20. The average molecular weight is 304 g/mol. The van der Waals surface area contributed by atoms with E-state index in [-0.39, 0.29) is 0 Å². The van der Waals surface area contributed by atoms with Crippen molar-refractivity contribution >= 4 is 11.6 Å². The zero-order valence-electron chi connectivity index (χ0n) is 12.8. The number of nitrogens with one attached hydrogen (secondary N) is 1. The number of aryl methyl sites for hydroxylation is 1. The molecule has 0 aromatic heterocycles. The molecule has 0 aliphatic heterocycles. The number of methoxy groups -OCH3 is 1. The van der Waals surface area contributed by atoms with Gasteiger partial charge in [0, 0.05) is 12.6 Å². The van der Waals surface area contributed by atoms with Crippen molar-refractivity contribution < 1.29 is 4.74 Å². The van der Waals surface area contributed by atoms with E-state index in [1.807, 2.05) is 18.2 Å². The Morgan fingerprint density at radius 3 is 2.62 bits per heavy atom. The van der Waals surface area contributed by atoms with E-state index in [0.717, 1.165) is 18.5 Å². The minimum Gasteiger partial charge on any atom is -0.495 e. The van der Waals surface area contributed by atoms with Gasteiger partial charge in [-0.05, 0) is 49.1 Å². The smallest absolute Gasteiger partial charge is 0.137 e. The lowest BCUT2D eigenvalue weighted by molar-refractivity contribution is 0.414. The lowest BCUT2D eigenvalue weighted by Gasteiger charge is -2.16. The highest BCUT2D eigenvalue weighted by Gasteiger charge is 2.06. The summed E-state index contributed by atoms with van der Waals surface area (Å²) in [5.74, 6) is 0.716. The van der Waals surface area contributed by atoms with Gasteiger partial charge in [-0.1, -0.05) is 41.9 Å². The van der Waals surface area contributed by atoms with Gasteiger partial charge in [-0.2, -0.15) is 0 Å². The molecule has 0 amide bonds. The summed E-state index contributed by atoms with van der Waals surface area (Å²) in [6.07, 6.45) is 1.02. The minimum absolute atomic E-state index is 0.409. The second kappa shape index (κ2) is 7.48. The van der Waals surface area contributed by atoms with Gasteiger partial charge in [0.15, 0.2) is 0 Å². The van der Waals surface area contributed by atoms with E-state index in [9.17, 15) is 0 Å². The van der Waals surface area contributed by atoms with Crippen LogP contribution in [0.2, 0.25) is 5.02 Å². The van der Waals surface area contributed by atoms with Crippen LogP contribution in [0.5, 0.6) is 5.75 Å². The molecule has 0 heterocycles. The van der Waals surface area contributed by atoms with E-state index >= 15 is 0 Å². The molecule has 0 aliphatic rings. The molecule has 1 N–H and O–H groups in total. The van der Waals surface area contributed by atoms with Crippen LogP contribution in [0.4, 0.5) is 0 Å². The van der Waals surface area contributed by atoms with E-state index in [2.05, 4.69) is 43.4 Å². The van der Waals surface area contributed by atoms with Gasteiger partial charge >= 0.3 is 0 Å². The molecular formula is C18H22ClNO. The van der Waals surface area contributed by atoms with Gasteiger partial charge in [0.25, 0.3) is 0 Å². The van der Waals surface area contributed by atoms with Crippen molar-refractivity contribution in [3.63, 3.8) is 0 Å². The largest absolute Gasteiger partial charge is 0.495 e. The fourth-order valence-electron chi connectivity index (χ4n) is 2.35. The molecule has 1 atom stereocenters. The second-order valence-electron chi connectivity index (χ2n) is 5.38. The molecule has 112 valence electrons. The minimum atomic E-state index is 0.409. The molecule has 0 saturated heterocycles. The van der Waals surface area contributed by atoms with Crippen molar-refractivity contribution in [3.8, 4) is 5.75 Å². The van der Waals surface area contributed by atoms with Crippen LogP contribution in [-0.4, -0.2) is 13.2 Å². The molecule has 2 aromatic rings. The molecule has 0 spiro atoms. The predicted octanol–water partition coefficient (Wildman–Crippen LogP) is 4.38. The van der Waals surface area contributed by atoms with Crippen LogP contribution in [0.15, 0.2) is 42.5 Å². The summed E-state index contributed by atoms with van der Waals surface area (Å²) in [4.78, 5) is 0. The first-order valence-corrected chi connectivity index (χ1v) is 7.58. The summed E-state index contributed by atoms with van der Waals surface area (Å²) in [6.45, 7) is 5.17. The molecule has 0 saturated carbocycles. The zero-order chi connectivity index (χ0) is 15.2. The number of rotatable bonds is 6. The van der Waals surface area contributed by atoms with Crippen LogP contribution in [-0.2, 0) is 13.0 Å². The van der Waals surface area contributed by atoms with Crippen molar-refractivity contribution in [1.29, 1.82) is 0 Å². The first-order chi connectivity index (χ1) is 10.1. The molecule has 1 unspecified atom stereocenters. The highest BCUT2D eigenvalue weighted by Crippen LogP contribution is 2.24. The standard InChI is InChI=1S/C18H22ClNO/c1-13-6-4-5-7-16(13)10-14(2)20-12-15-8-9-18(21-3)17(19)11-15/h4-9,11,14,20H,10,12H2,1-3H3. The van der Waals surface area contributed by atoms with E-state index in [0.29, 0.717) is 16.8 Å². The summed E-state index contributed by atoms with van der Waals surface area (Å²) in [5, 5.41) is 4.20. The summed E-state index contributed by atoms with van der Waals surface area (Å²) >= 11 is 6.14. The van der Waals surface area contributed by atoms with Gasteiger partial charge in [0.1, 0.15) is 5.75 Å². The number of benzene rings is 2. The molecule has 0 fully saturated rings. The lowest BCUT2D eigenvalue weighted by atomic mass is 10.0. The van der Waals surface area contributed by atoms with Crippen molar-refractivity contribution in [3.05, 3.63) is 64.2 Å². The molecular weight excluding hydrogens is 282 g/mol. The van der Waals surface area contributed by atoms with Crippen molar-refractivity contribution in [2.24, 2.45) is 0 Å². The van der Waals surface area contributed by atoms with E-state index in [1.54, 1.807) is 7.11 Å². The molecule has 21 heavy (non-hydrogen) atoms. The second-order valence-corrected chi connectivity index (χ2v) is 5.79. The van der Waals surface area contributed by atoms with Crippen LogP contribution < -0.4 is 10.1 Å². The monoisotopic (exact) mass is 303 g/mol. The zero-order valence-corrected chi connectivity index (χ0v) is 13.6. The molecule has 3 heteroatoms. The van der Waals surface area contributed by atoms with E-state index in [4.69, 9.17) is 16.3 Å². The predicted molar refractivity (Wildman–Crippen MR) is 89.2 cm³/mol. The number of hydrogen-bond acceptors (Lipinski definition) is 2. The Kier molecular flexibility index (Phi) is 5.66. The molecule has 2 rings (SSSR count). The topological polar surface area (TPSA) is 21.3 Å². The number of ether oxygens (including phenoxy) is 1. The van der Waals surface area contributed by atoms with Gasteiger partial charge in [-0.15, -0.1) is 0 Å². The third-order valence-electron chi connectivity index (χ3n) is 3.66. The molecule has 0 aliphatic carbocycles. The van der Waals surface area contributed by atoms with Crippen molar-refractivity contribution in [2.75, 3.05) is 7.11 Å². The van der Waals surface area contributed by atoms with Gasteiger partial charge in [-0.3, -0.25) is 0 Å². The first kappa shape index (κ1) is 15.9. The van der Waals surface area contributed by atoms with Crippen molar-refractivity contribution in [1.82, 2.24) is 5.32 Å². The summed E-state index contributed by atoms with van der Waals surface area (Å²) < 4.78 is 5.17. The maximum absolute atomic E-state index is 6.14. The highest BCUT2D eigenvalue weighted by molar-refractivity contribution is 6.32. The Labute approximate surface area is 132 Å². The molecule has 2 aromatic carbocycles. The quantitative estimate of drug-likeness (QED) is 0.855. The lowest BCUT2D eigenvalue weighted by Crippen LogP contribution is -2.27. The summed E-state index contributed by atoms with van der Waals surface area (Å²) in [7, 11) is 1.63. The highest BCUT2D eigenvalue weighted by atomic mass is 35.5. The molecule has 0 bridgehead atoms. The third-order valence-corrected chi connectivity index (χ3v) is 3.95. The third kappa shape index (κ3) is 4.48. The summed E-state index contributed by atoms with van der Waals surface area (Å²) in [6, 6.07) is 14.8. The Morgan fingerprint density at radius 2 is 1.95 bits per heavy atom. The van der Waals surface area contributed by atoms with E-state index < -0.39 is 0 Å². The fraction of sp³-hybridized carbons (Fsp3) is 0.333. The SMILES string of the molecule is COc1ccc(CNC(C)Cc2ccccc2C)cc1Cl. The Balaban J connectivity index is 1.91. The van der Waals surface area contributed by atoms with Crippen LogP contribution in [0, 0.1) is 6.92 Å². The van der Waals surface area contributed by atoms with Crippen LogP contribution in [0.1, 0.15) is 23.6 Å². The fourth-order valence-corrected chi connectivity index (χ4v) is 2.63. The van der Waals surface area contributed by atoms with Gasteiger partial charge in [-0.25, -0.2) is 0 Å². The van der Waals surface area contributed by atoms with Crippen LogP contribution >= 0.6 is 11.6 Å². The van der Waals surface area contributed by atoms with Crippen LogP contribution in [0.25, 0.3) is 0 Å². The van der Waals surface area contributed by atoms with Gasteiger partial charge in [0.2, 0.25) is 0 Å². The maximum atomic E-state index is 6.14. The summed E-state index contributed by atoms with van der Waals surface area (Å²) in [5.41, 5.74) is 3.90. The normalized spacial score (nSPS) is 12.2. The van der Waals surface area contributed by atoms with Gasteiger partial charge < -0.3 is 10.1 Å². The number of hydrogen-bond donors (Lipinski definition) is 1. The molecule has 0 radical (unpaired) electrons. The van der Waals surface area contributed by atoms with E-state index in [1.165, 1.54) is 11.1 Å². The van der Waals surface area contributed by atoms with Crippen LogP contribution in [0.3, 0.4) is 0 Å². The molecule has 2 nitrogen and oxygen atoms in total. The maximum Gasteiger partial charge on any atom is 0.137 e. The Bertz CT molecular complexity index is 598. The Morgan fingerprint density at radius 1 is 1.19 bits per heavy atom. The van der Waals surface area contributed by atoms with Gasteiger partial charge in [0.05, 0.1) is 12.1 Å².